The first-order valence-electron chi connectivity index (χ1n) is 7.60. The summed E-state index contributed by atoms with van der Waals surface area (Å²) in [7, 11) is 0. The van der Waals surface area contributed by atoms with Gasteiger partial charge in [0.1, 0.15) is 5.54 Å². The number of carbonyl (C=O) groups excluding carboxylic acids is 3. The van der Waals surface area contributed by atoms with Gasteiger partial charge in [0.25, 0.3) is 5.91 Å². The molecule has 1 N–H and O–H groups in total. The lowest BCUT2D eigenvalue weighted by Crippen LogP contribution is -2.46. The Kier molecular flexibility index (Phi) is 6.35. The second-order valence-electron chi connectivity index (χ2n) is 5.64. The van der Waals surface area contributed by atoms with Crippen molar-refractivity contribution in [1.82, 2.24) is 5.32 Å². The van der Waals surface area contributed by atoms with Gasteiger partial charge in [-0.05, 0) is 37.8 Å². The van der Waals surface area contributed by atoms with Crippen LogP contribution in [0.4, 0.5) is 0 Å². The van der Waals surface area contributed by atoms with Crippen molar-refractivity contribution in [3.8, 4) is 6.07 Å². The highest BCUT2D eigenvalue weighted by Gasteiger charge is 2.35. The number of nitrogens with one attached hydrogen (secondary N) is 1. The topological polar surface area (TPSA) is 96.3 Å². The predicted molar refractivity (Wildman–Crippen MR) is 88.8 cm³/mol. The molecule has 128 valence electrons. The second-order valence-corrected chi connectivity index (χ2v) is 7.35. The Balaban J connectivity index is 1.70. The fourth-order valence-electron chi connectivity index (χ4n) is 2.57. The maximum atomic E-state index is 11.8. The van der Waals surface area contributed by atoms with Crippen LogP contribution >= 0.6 is 22.9 Å². The largest absolute Gasteiger partial charge is 0.456 e. The molecule has 1 aliphatic carbocycles. The molecule has 0 saturated heterocycles. The first-order chi connectivity index (χ1) is 11.4. The molecule has 0 bridgehead atoms. The van der Waals surface area contributed by atoms with Crippen molar-refractivity contribution < 1.29 is 19.1 Å². The average Bonchev–Trinajstić information content (AvgIpc) is 3.20. The molecule has 24 heavy (non-hydrogen) atoms. The molecule has 0 aromatic carbocycles. The number of nitrogens with zero attached hydrogens (tertiary/aromatic N) is 1. The third-order valence-electron chi connectivity index (χ3n) is 3.82. The fourth-order valence-corrected chi connectivity index (χ4v) is 3.58. The zero-order chi connectivity index (χ0) is 17.6. The first kappa shape index (κ1) is 18.4. The summed E-state index contributed by atoms with van der Waals surface area (Å²) in [4.78, 5) is 35.8. The Hall–Kier alpha value is -1.91. The lowest BCUT2D eigenvalue weighted by molar-refractivity contribution is -0.148. The maximum absolute atomic E-state index is 11.8. The fraction of sp³-hybridized carbons (Fsp3) is 0.500. The number of hydrogen-bond donors (Lipinski definition) is 1. The SMILES string of the molecule is N#CC1(NC(=O)COC(=O)CCC(=O)c2ccc(Cl)s2)CCCC1. The normalized spacial score (nSPS) is 15.5. The first-order valence-corrected chi connectivity index (χ1v) is 8.80. The third-order valence-corrected chi connectivity index (χ3v) is 5.09. The summed E-state index contributed by atoms with van der Waals surface area (Å²) in [5.74, 6) is -1.32. The predicted octanol–water partition coefficient (Wildman–Crippen LogP) is 2.86. The van der Waals surface area contributed by atoms with E-state index in [0.717, 1.165) is 24.2 Å². The van der Waals surface area contributed by atoms with Crippen LogP contribution in [-0.4, -0.2) is 29.8 Å². The number of esters is 1. The van der Waals surface area contributed by atoms with E-state index < -0.39 is 24.0 Å². The molecule has 2 rings (SSSR count). The summed E-state index contributed by atoms with van der Waals surface area (Å²) in [5, 5.41) is 11.8. The Labute approximate surface area is 148 Å². The third kappa shape index (κ3) is 5.05. The highest BCUT2D eigenvalue weighted by molar-refractivity contribution is 7.18. The van der Waals surface area contributed by atoms with E-state index in [2.05, 4.69) is 11.4 Å². The van der Waals surface area contributed by atoms with Gasteiger partial charge in [0, 0.05) is 6.42 Å². The van der Waals surface area contributed by atoms with Gasteiger partial charge < -0.3 is 10.1 Å². The maximum Gasteiger partial charge on any atom is 0.306 e. The van der Waals surface area contributed by atoms with E-state index in [0.29, 0.717) is 22.1 Å². The molecule has 0 unspecified atom stereocenters. The van der Waals surface area contributed by atoms with E-state index >= 15 is 0 Å². The van der Waals surface area contributed by atoms with Crippen molar-refractivity contribution in [1.29, 1.82) is 5.26 Å². The number of thiophene rings is 1. The van der Waals surface area contributed by atoms with E-state index in [1.807, 2.05) is 0 Å². The Morgan fingerprint density at radius 1 is 1.29 bits per heavy atom. The van der Waals surface area contributed by atoms with Gasteiger partial charge in [-0.2, -0.15) is 5.26 Å². The van der Waals surface area contributed by atoms with Gasteiger partial charge in [-0.3, -0.25) is 14.4 Å². The lowest BCUT2D eigenvalue weighted by Gasteiger charge is -2.21. The zero-order valence-electron chi connectivity index (χ0n) is 13.0. The smallest absolute Gasteiger partial charge is 0.306 e. The number of amides is 1. The molecule has 1 amide bonds. The minimum Gasteiger partial charge on any atom is -0.456 e. The molecule has 1 saturated carbocycles. The molecule has 0 atom stereocenters. The molecule has 1 heterocycles. The molecule has 1 aromatic heterocycles. The van der Waals surface area contributed by atoms with Gasteiger partial charge in [-0.15, -0.1) is 11.3 Å². The van der Waals surface area contributed by atoms with Crippen LogP contribution in [0.25, 0.3) is 0 Å². The number of carbonyl (C=O) groups is 3. The Morgan fingerprint density at radius 3 is 2.58 bits per heavy atom. The van der Waals surface area contributed by atoms with Crippen molar-refractivity contribution in [3.63, 3.8) is 0 Å². The molecule has 1 aliphatic rings. The number of ketones is 1. The van der Waals surface area contributed by atoms with Gasteiger partial charge in [0.05, 0.1) is 21.7 Å². The van der Waals surface area contributed by atoms with Gasteiger partial charge in [0.2, 0.25) is 0 Å². The van der Waals surface area contributed by atoms with Crippen molar-refractivity contribution in [2.24, 2.45) is 0 Å². The second kappa shape index (κ2) is 8.27. The van der Waals surface area contributed by atoms with Crippen molar-refractivity contribution in [2.45, 2.75) is 44.1 Å². The minimum atomic E-state index is -0.835. The summed E-state index contributed by atoms with van der Waals surface area (Å²) in [6.07, 6.45) is 2.90. The Morgan fingerprint density at radius 2 is 2.00 bits per heavy atom. The van der Waals surface area contributed by atoms with Gasteiger partial charge in [-0.1, -0.05) is 11.6 Å². The van der Waals surface area contributed by atoms with Crippen LogP contribution in [-0.2, 0) is 14.3 Å². The molecule has 8 heteroatoms. The monoisotopic (exact) mass is 368 g/mol. The molecule has 0 radical (unpaired) electrons. The number of halogens is 1. The summed E-state index contributed by atoms with van der Waals surface area (Å²) >= 11 is 6.91. The molecule has 0 aliphatic heterocycles. The number of hydrogen-bond acceptors (Lipinski definition) is 6. The highest BCUT2D eigenvalue weighted by atomic mass is 35.5. The molecule has 0 spiro atoms. The van der Waals surface area contributed by atoms with Crippen molar-refractivity contribution in [3.05, 3.63) is 21.3 Å². The summed E-state index contributed by atoms with van der Waals surface area (Å²) in [6.45, 7) is -0.443. The van der Waals surface area contributed by atoms with Crippen LogP contribution in [0.3, 0.4) is 0 Å². The van der Waals surface area contributed by atoms with Crippen molar-refractivity contribution >= 4 is 40.6 Å². The highest BCUT2D eigenvalue weighted by Crippen LogP contribution is 2.28. The van der Waals surface area contributed by atoms with Crippen LogP contribution < -0.4 is 5.32 Å². The van der Waals surface area contributed by atoms with E-state index in [4.69, 9.17) is 16.3 Å². The van der Waals surface area contributed by atoms with Gasteiger partial charge >= 0.3 is 5.97 Å². The quantitative estimate of drug-likeness (QED) is 0.589. The van der Waals surface area contributed by atoms with Crippen LogP contribution in [0.1, 0.15) is 48.2 Å². The molecule has 1 aromatic rings. The number of ether oxygens (including phenoxy) is 1. The molecule has 6 nitrogen and oxygen atoms in total. The number of rotatable bonds is 7. The van der Waals surface area contributed by atoms with E-state index in [1.165, 1.54) is 0 Å². The Bertz CT molecular complexity index is 674. The standard InChI is InChI=1S/C16H17ClN2O4S/c17-13-5-4-12(24-13)11(20)3-6-15(22)23-9-14(21)19-16(10-18)7-1-2-8-16/h4-5H,1-3,6-9H2,(H,19,21). The van der Waals surface area contributed by atoms with E-state index in [-0.39, 0.29) is 18.6 Å². The minimum absolute atomic E-state index is 0.000568. The lowest BCUT2D eigenvalue weighted by atomic mass is 10.00. The molecular weight excluding hydrogens is 352 g/mol. The van der Waals surface area contributed by atoms with Crippen LogP contribution in [0.5, 0.6) is 0 Å². The van der Waals surface area contributed by atoms with E-state index in [9.17, 15) is 19.6 Å². The molecular formula is C16H17ClN2O4S. The van der Waals surface area contributed by atoms with Crippen LogP contribution in [0, 0.1) is 11.3 Å². The van der Waals surface area contributed by atoms with E-state index in [1.54, 1.807) is 12.1 Å². The van der Waals surface area contributed by atoms with Gasteiger partial charge in [0.15, 0.2) is 12.4 Å². The van der Waals surface area contributed by atoms with Crippen LogP contribution in [0.15, 0.2) is 12.1 Å². The summed E-state index contributed by atoms with van der Waals surface area (Å²) < 4.78 is 5.37. The van der Waals surface area contributed by atoms with Crippen LogP contribution in [0.2, 0.25) is 4.34 Å². The zero-order valence-corrected chi connectivity index (χ0v) is 14.5. The summed E-state index contributed by atoms with van der Waals surface area (Å²) in [6, 6.07) is 5.36. The van der Waals surface area contributed by atoms with Crippen molar-refractivity contribution in [2.75, 3.05) is 6.61 Å². The number of Topliss-reactive ketones (excluding diaryl/α,β-unsaturated/α-hetero) is 1. The van der Waals surface area contributed by atoms with Gasteiger partial charge in [-0.25, -0.2) is 0 Å². The number of nitriles is 1. The summed E-state index contributed by atoms with van der Waals surface area (Å²) in [5.41, 5.74) is -0.835. The average molecular weight is 369 g/mol. The molecule has 1 fully saturated rings.